The molecule has 22 heavy (non-hydrogen) atoms. The predicted molar refractivity (Wildman–Crippen MR) is 91.8 cm³/mol. The summed E-state index contributed by atoms with van der Waals surface area (Å²) in [5.41, 5.74) is -0.676. The smallest absolute Gasteiger partial charge is 0.338 e. The third-order valence-corrected chi connectivity index (χ3v) is 5.76. The average Bonchev–Trinajstić information content (AvgIpc) is 2.93. The molecule has 1 aliphatic rings. The molecule has 0 spiro atoms. The minimum absolute atomic E-state index is 0.00512. The van der Waals surface area contributed by atoms with Crippen molar-refractivity contribution in [3.8, 4) is 0 Å². The lowest BCUT2D eigenvalue weighted by atomic mass is 9.79. The van der Waals surface area contributed by atoms with E-state index in [2.05, 4.69) is 26.2 Å². The van der Waals surface area contributed by atoms with Gasteiger partial charge in [0.05, 0.1) is 11.5 Å². The molecule has 9 heteroatoms. The van der Waals surface area contributed by atoms with Crippen LogP contribution in [0.15, 0.2) is 20.8 Å². The lowest BCUT2D eigenvalue weighted by Crippen LogP contribution is -2.64. The molecule has 2 atom stereocenters. The molecule has 2 N–H and O–H groups in total. The second-order valence-corrected chi connectivity index (χ2v) is 7.08. The maximum absolute atomic E-state index is 12.7. The van der Waals surface area contributed by atoms with E-state index in [4.69, 9.17) is 0 Å². The molecule has 6 nitrogen and oxygen atoms in total. The quantitative estimate of drug-likeness (QED) is 0.576. The highest BCUT2D eigenvalue weighted by atomic mass is 79.9. The zero-order chi connectivity index (χ0) is 16.3. The lowest BCUT2D eigenvalue weighted by Gasteiger charge is -2.45. The molecule has 2 rings (SSSR count). The number of hydrogen-bond donors (Lipinski definition) is 2. The molecule has 1 aromatic rings. The van der Waals surface area contributed by atoms with Gasteiger partial charge in [0.25, 0.3) is 0 Å². The van der Waals surface area contributed by atoms with Crippen LogP contribution in [-0.4, -0.2) is 49.1 Å². The first-order valence-electron chi connectivity index (χ1n) is 6.83. The first kappa shape index (κ1) is 17.2. The molecule has 1 saturated heterocycles. The SMILES string of the molecule is CN1C(=O)[C@H](CCO)[C@@](C)(c2cc(Br)cs2)N/C1=N\BC=O. The van der Waals surface area contributed by atoms with Crippen LogP contribution in [0, 0.1) is 5.92 Å². The highest BCUT2D eigenvalue weighted by Gasteiger charge is 2.47. The summed E-state index contributed by atoms with van der Waals surface area (Å²) in [7, 11) is 1.61. The second kappa shape index (κ2) is 6.93. The van der Waals surface area contributed by atoms with Crippen LogP contribution in [0.3, 0.4) is 0 Å². The third kappa shape index (κ3) is 3.11. The monoisotopic (exact) mass is 385 g/mol. The highest BCUT2D eigenvalue weighted by molar-refractivity contribution is 9.10. The van der Waals surface area contributed by atoms with Crippen molar-refractivity contribution in [3.05, 3.63) is 20.8 Å². The number of nitrogens with one attached hydrogen (secondary N) is 1. The minimum atomic E-state index is -0.676. The van der Waals surface area contributed by atoms with Gasteiger partial charge in [-0.3, -0.25) is 9.69 Å². The molecule has 1 aliphatic heterocycles. The van der Waals surface area contributed by atoms with E-state index in [-0.39, 0.29) is 19.9 Å². The molecule has 0 saturated carbocycles. The average molecular weight is 386 g/mol. The van der Waals surface area contributed by atoms with Crippen molar-refractivity contribution in [2.24, 2.45) is 10.8 Å². The topological polar surface area (TPSA) is 82.0 Å². The van der Waals surface area contributed by atoms with E-state index >= 15 is 0 Å². The van der Waals surface area contributed by atoms with Gasteiger partial charge < -0.3 is 20.1 Å². The molecule has 118 valence electrons. The van der Waals surface area contributed by atoms with Crippen LogP contribution in [0.2, 0.25) is 0 Å². The van der Waals surface area contributed by atoms with Crippen molar-refractivity contribution in [3.63, 3.8) is 0 Å². The van der Waals surface area contributed by atoms with Crippen LogP contribution < -0.4 is 5.32 Å². The molecule has 0 unspecified atom stereocenters. The van der Waals surface area contributed by atoms with Gasteiger partial charge in [0.15, 0.2) is 5.96 Å². The number of nitrogens with zero attached hydrogens (tertiary/aromatic N) is 2. The third-order valence-electron chi connectivity index (χ3n) is 3.83. The molecule has 0 aliphatic carbocycles. The summed E-state index contributed by atoms with van der Waals surface area (Å²) in [5.74, 6) is -0.161. The molecule has 0 radical (unpaired) electrons. The van der Waals surface area contributed by atoms with Crippen molar-refractivity contribution < 1.29 is 14.7 Å². The summed E-state index contributed by atoms with van der Waals surface area (Å²) in [6, 6.07) is 1.96. The number of hydrogen-bond acceptors (Lipinski definition) is 5. The number of thiophene rings is 1. The summed E-state index contributed by atoms with van der Waals surface area (Å²) in [6.45, 7) is 1.85. The van der Waals surface area contributed by atoms with Crippen molar-refractivity contribution in [2.45, 2.75) is 18.9 Å². The zero-order valence-electron chi connectivity index (χ0n) is 12.4. The van der Waals surface area contributed by atoms with Gasteiger partial charge in [-0.15, -0.1) is 11.3 Å². The van der Waals surface area contributed by atoms with Crippen molar-refractivity contribution in [1.82, 2.24) is 10.2 Å². The zero-order valence-corrected chi connectivity index (χ0v) is 14.8. The van der Waals surface area contributed by atoms with Gasteiger partial charge in [0.2, 0.25) is 5.91 Å². The molecule has 1 aromatic heterocycles. The predicted octanol–water partition coefficient (Wildman–Crippen LogP) is 0.684. The summed E-state index contributed by atoms with van der Waals surface area (Å²) in [5, 5.41) is 14.6. The molecular formula is C13H17BBrN3O3S. The van der Waals surface area contributed by atoms with Crippen LogP contribution in [0.25, 0.3) is 0 Å². The number of aliphatic hydroxyl groups is 1. The van der Waals surface area contributed by atoms with Crippen LogP contribution in [0.1, 0.15) is 18.2 Å². The van der Waals surface area contributed by atoms with Crippen molar-refractivity contribution >= 4 is 52.7 Å². The fourth-order valence-corrected chi connectivity index (χ4v) is 4.22. The Hall–Kier alpha value is -1.19. The van der Waals surface area contributed by atoms with Crippen LogP contribution >= 0.6 is 27.3 Å². The Morgan fingerprint density at radius 2 is 2.41 bits per heavy atom. The fraction of sp³-hybridized carbons (Fsp3) is 0.462. The van der Waals surface area contributed by atoms with E-state index in [1.807, 2.05) is 18.4 Å². The number of carbonyl (C=O) groups excluding carboxylic acids is 2. The van der Waals surface area contributed by atoms with E-state index in [0.29, 0.717) is 18.6 Å². The number of aliphatic hydroxyl groups excluding tert-OH is 1. The van der Waals surface area contributed by atoms with Crippen molar-refractivity contribution in [2.75, 3.05) is 13.7 Å². The van der Waals surface area contributed by atoms with E-state index in [1.54, 1.807) is 7.05 Å². The van der Waals surface area contributed by atoms with Crippen LogP contribution in [-0.2, 0) is 15.1 Å². The van der Waals surface area contributed by atoms with Gasteiger partial charge in [-0.25, -0.2) is 0 Å². The van der Waals surface area contributed by atoms with E-state index in [9.17, 15) is 14.7 Å². The van der Waals surface area contributed by atoms with E-state index in [1.165, 1.54) is 16.2 Å². The highest BCUT2D eigenvalue weighted by Crippen LogP contribution is 2.39. The second-order valence-electron chi connectivity index (χ2n) is 5.25. The summed E-state index contributed by atoms with van der Waals surface area (Å²) >= 11 is 4.95. The van der Waals surface area contributed by atoms with Gasteiger partial charge in [0, 0.05) is 28.4 Å². The number of amides is 1. The number of carbonyl (C=O) groups is 2. The summed E-state index contributed by atoms with van der Waals surface area (Å²) in [6.07, 6.45) is 1.04. The standard InChI is InChI=1S/C13H17BBrN3O3S/c1-13(10-5-8(15)6-22-10)9(3-4-19)11(21)18(2)12(16-13)17-14-7-20/h5-7,9,14,19H,3-4H2,1-2H3,(H,16,17)/t9-,13-/m0/s1. The largest absolute Gasteiger partial charge is 0.396 e. The Balaban J connectivity index is 2.46. The van der Waals surface area contributed by atoms with Crippen LogP contribution in [0.4, 0.5) is 0 Å². The number of rotatable bonds is 5. The molecule has 1 amide bonds. The first-order chi connectivity index (χ1) is 10.4. The first-order valence-corrected chi connectivity index (χ1v) is 8.50. The molecule has 2 heterocycles. The molecule has 1 fully saturated rings. The Kier molecular flexibility index (Phi) is 5.41. The number of guanidine groups is 1. The normalized spacial score (nSPS) is 26.9. The lowest BCUT2D eigenvalue weighted by molar-refractivity contribution is -0.136. The Morgan fingerprint density at radius 3 is 2.95 bits per heavy atom. The Morgan fingerprint density at radius 1 is 1.68 bits per heavy atom. The Bertz CT molecular complexity index is 609. The maximum atomic E-state index is 12.7. The molecular weight excluding hydrogens is 369 g/mol. The molecule has 0 aromatic carbocycles. The van der Waals surface area contributed by atoms with Gasteiger partial charge in [0.1, 0.15) is 6.19 Å². The summed E-state index contributed by atoms with van der Waals surface area (Å²) < 4.78 is 0.941. The summed E-state index contributed by atoms with van der Waals surface area (Å²) in [4.78, 5) is 29.8. The maximum Gasteiger partial charge on any atom is 0.338 e. The fourth-order valence-electron chi connectivity index (χ4n) is 2.62. The minimum Gasteiger partial charge on any atom is -0.396 e. The van der Waals surface area contributed by atoms with Gasteiger partial charge in [-0.1, -0.05) is 0 Å². The Labute approximate surface area is 142 Å². The van der Waals surface area contributed by atoms with Crippen molar-refractivity contribution in [1.29, 1.82) is 0 Å². The van der Waals surface area contributed by atoms with Crippen LogP contribution in [0.5, 0.6) is 0 Å². The van der Waals surface area contributed by atoms with Gasteiger partial charge in [-0.2, -0.15) is 0 Å². The van der Waals surface area contributed by atoms with E-state index in [0.717, 1.165) is 9.35 Å². The van der Waals surface area contributed by atoms with E-state index < -0.39 is 11.5 Å². The molecule has 0 bridgehead atoms. The van der Waals surface area contributed by atoms with Gasteiger partial charge >= 0.3 is 7.41 Å². The number of halogens is 1. The van der Waals surface area contributed by atoms with Gasteiger partial charge in [-0.05, 0) is 35.3 Å².